The van der Waals surface area contributed by atoms with Gasteiger partial charge in [0.05, 0.1) is 4.92 Å². The third kappa shape index (κ3) is 4.58. The molecule has 0 saturated heterocycles. The van der Waals surface area contributed by atoms with Crippen LogP contribution in [0, 0.1) is 10.1 Å². The molecule has 0 aromatic heterocycles. The molecule has 1 aromatic rings. The lowest BCUT2D eigenvalue weighted by atomic mass is 9.95. The van der Waals surface area contributed by atoms with Crippen LogP contribution in [-0.2, 0) is 4.79 Å². The smallest absolute Gasteiger partial charge is 0.344 e. The molecule has 1 aromatic carbocycles. The third-order valence-electron chi connectivity index (χ3n) is 3.71. The molecule has 0 radical (unpaired) electrons. The van der Waals surface area contributed by atoms with Gasteiger partial charge in [0, 0.05) is 12.1 Å². The van der Waals surface area contributed by atoms with Crippen LogP contribution in [0.3, 0.4) is 0 Å². The maximum atomic E-state index is 11.3. The summed E-state index contributed by atoms with van der Waals surface area (Å²) < 4.78 is 5.45. The lowest BCUT2D eigenvalue weighted by Crippen LogP contribution is -2.27. The minimum atomic E-state index is -1.02. The molecule has 0 bridgehead atoms. The van der Waals surface area contributed by atoms with Crippen LogP contribution in [0.2, 0.25) is 0 Å². The molecular formula is C16H19NO5. The maximum absolute atomic E-state index is 11.3. The van der Waals surface area contributed by atoms with Gasteiger partial charge in [-0.2, -0.15) is 0 Å². The van der Waals surface area contributed by atoms with E-state index in [9.17, 15) is 20.0 Å². The Balaban J connectivity index is 1.94. The highest BCUT2D eigenvalue weighted by Crippen LogP contribution is 2.24. The number of carbonyl (C=O) groups is 1. The molecule has 22 heavy (non-hydrogen) atoms. The monoisotopic (exact) mass is 305 g/mol. The van der Waals surface area contributed by atoms with E-state index < -0.39 is 17.0 Å². The zero-order valence-electron chi connectivity index (χ0n) is 12.2. The van der Waals surface area contributed by atoms with Gasteiger partial charge in [-0.05, 0) is 50.7 Å². The number of allylic oxidation sites excluding steroid dienone is 2. The molecule has 0 amide bonds. The van der Waals surface area contributed by atoms with Crippen LogP contribution in [0.15, 0.2) is 35.9 Å². The molecule has 2 rings (SSSR count). The molecule has 1 aliphatic rings. The van der Waals surface area contributed by atoms with Gasteiger partial charge in [0.15, 0.2) is 6.10 Å². The Morgan fingerprint density at radius 3 is 2.59 bits per heavy atom. The van der Waals surface area contributed by atoms with Crippen molar-refractivity contribution < 1.29 is 19.6 Å². The van der Waals surface area contributed by atoms with E-state index in [1.807, 2.05) is 0 Å². The predicted molar refractivity (Wildman–Crippen MR) is 80.9 cm³/mol. The summed E-state index contributed by atoms with van der Waals surface area (Å²) in [6, 6.07) is 5.46. The number of aliphatic carboxylic acids is 1. The van der Waals surface area contributed by atoms with Gasteiger partial charge in [-0.15, -0.1) is 0 Å². The van der Waals surface area contributed by atoms with Gasteiger partial charge in [0.2, 0.25) is 0 Å². The second kappa shape index (κ2) is 7.59. The minimum Gasteiger partial charge on any atom is -0.479 e. The van der Waals surface area contributed by atoms with Crippen molar-refractivity contribution in [3.05, 3.63) is 46.0 Å². The van der Waals surface area contributed by atoms with Crippen molar-refractivity contribution in [3.8, 4) is 5.75 Å². The quantitative estimate of drug-likeness (QED) is 0.471. The molecule has 1 unspecified atom stereocenters. The van der Waals surface area contributed by atoms with E-state index in [1.165, 1.54) is 36.3 Å². The molecule has 0 aliphatic heterocycles. The number of non-ortho nitro benzene ring substituents is 1. The SMILES string of the molecule is O=C(O)C(CCC1=CCCCC1)Oc1ccc([N+](=O)[O-])cc1. The third-order valence-corrected chi connectivity index (χ3v) is 3.71. The highest BCUT2D eigenvalue weighted by molar-refractivity contribution is 5.72. The molecule has 0 spiro atoms. The van der Waals surface area contributed by atoms with Crippen LogP contribution >= 0.6 is 0 Å². The number of benzene rings is 1. The van der Waals surface area contributed by atoms with Crippen LogP contribution in [0.4, 0.5) is 5.69 Å². The van der Waals surface area contributed by atoms with Crippen molar-refractivity contribution in [1.29, 1.82) is 0 Å². The summed E-state index contributed by atoms with van der Waals surface area (Å²) in [5, 5.41) is 19.8. The zero-order chi connectivity index (χ0) is 15.9. The Morgan fingerprint density at radius 1 is 1.32 bits per heavy atom. The largest absolute Gasteiger partial charge is 0.479 e. The van der Waals surface area contributed by atoms with Crippen LogP contribution in [0.25, 0.3) is 0 Å². The number of hydrogen-bond acceptors (Lipinski definition) is 4. The highest BCUT2D eigenvalue weighted by atomic mass is 16.6. The van der Waals surface area contributed by atoms with Gasteiger partial charge >= 0.3 is 5.97 Å². The van der Waals surface area contributed by atoms with E-state index in [1.54, 1.807) is 0 Å². The van der Waals surface area contributed by atoms with Crippen LogP contribution < -0.4 is 4.74 Å². The van der Waals surface area contributed by atoms with Crippen molar-refractivity contribution in [2.45, 2.75) is 44.6 Å². The van der Waals surface area contributed by atoms with Gasteiger partial charge in [-0.1, -0.05) is 11.6 Å². The van der Waals surface area contributed by atoms with Gasteiger partial charge in [0.25, 0.3) is 5.69 Å². The summed E-state index contributed by atoms with van der Waals surface area (Å²) in [6.45, 7) is 0. The normalized spacial score (nSPS) is 15.7. The first-order chi connectivity index (χ1) is 10.6. The van der Waals surface area contributed by atoms with Crippen molar-refractivity contribution in [2.75, 3.05) is 0 Å². The van der Waals surface area contributed by atoms with Crippen molar-refractivity contribution >= 4 is 11.7 Å². The summed E-state index contributed by atoms with van der Waals surface area (Å²) in [7, 11) is 0. The van der Waals surface area contributed by atoms with Crippen LogP contribution in [0.5, 0.6) is 5.75 Å². The molecule has 1 aliphatic carbocycles. The first kappa shape index (κ1) is 16.0. The van der Waals surface area contributed by atoms with Crippen LogP contribution in [0.1, 0.15) is 38.5 Å². The average Bonchev–Trinajstić information content (AvgIpc) is 2.52. The number of hydrogen-bond donors (Lipinski definition) is 1. The van der Waals surface area contributed by atoms with E-state index in [4.69, 9.17) is 4.74 Å². The predicted octanol–water partition coefficient (Wildman–Crippen LogP) is 3.71. The number of nitro benzene ring substituents is 1. The molecule has 118 valence electrons. The number of carboxylic acid groups (broad SMARTS) is 1. The standard InChI is InChI=1S/C16H19NO5/c18-16(19)15(11-6-12-4-2-1-3-5-12)22-14-9-7-13(8-10-14)17(20)21/h4,7-10,15H,1-3,5-6,11H2,(H,18,19). The fourth-order valence-corrected chi connectivity index (χ4v) is 2.49. The first-order valence-corrected chi connectivity index (χ1v) is 7.38. The van der Waals surface area contributed by atoms with Crippen molar-refractivity contribution in [3.63, 3.8) is 0 Å². The van der Waals surface area contributed by atoms with E-state index >= 15 is 0 Å². The molecule has 1 N–H and O–H groups in total. The molecular weight excluding hydrogens is 286 g/mol. The van der Waals surface area contributed by atoms with Gasteiger partial charge < -0.3 is 9.84 Å². The van der Waals surface area contributed by atoms with E-state index in [0.29, 0.717) is 18.6 Å². The fourth-order valence-electron chi connectivity index (χ4n) is 2.49. The number of rotatable bonds is 7. The maximum Gasteiger partial charge on any atom is 0.344 e. The van der Waals surface area contributed by atoms with E-state index in [2.05, 4.69) is 6.08 Å². The Bertz CT molecular complexity index is 564. The molecule has 6 heteroatoms. The summed E-state index contributed by atoms with van der Waals surface area (Å²) in [5.74, 6) is -0.689. The highest BCUT2D eigenvalue weighted by Gasteiger charge is 2.20. The number of carboxylic acids is 1. The molecule has 0 saturated carbocycles. The Morgan fingerprint density at radius 2 is 2.05 bits per heavy atom. The first-order valence-electron chi connectivity index (χ1n) is 7.38. The van der Waals surface area contributed by atoms with Gasteiger partial charge in [-0.3, -0.25) is 10.1 Å². The topological polar surface area (TPSA) is 89.7 Å². The minimum absolute atomic E-state index is 0.0495. The number of nitrogens with zero attached hydrogens (tertiary/aromatic N) is 1. The van der Waals surface area contributed by atoms with E-state index in [-0.39, 0.29) is 5.69 Å². The summed E-state index contributed by atoms with van der Waals surface area (Å²) in [4.78, 5) is 21.4. The van der Waals surface area contributed by atoms with Crippen LogP contribution in [-0.4, -0.2) is 22.1 Å². The average molecular weight is 305 g/mol. The van der Waals surface area contributed by atoms with Crippen molar-refractivity contribution in [1.82, 2.24) is 0 Å². The van der Waals surface area contributed by atoms with Crippen molar-refractivity contribution in [2.24, 2.45) is 0 Å². The molecule has 0 heterocycles. The number of ether oxygens (including phenoxy) is 1. The second-order valence-electron chi connectivity index (χ2n) is 5.34. The van der Waals surface area contributed by atoms with Gasteiger partial charge in [0.1, 0.15) is 5.75 Å². The molecule has 0 fully saturated rings. The lowest BCUT2D eigenvalue weighted by Gasteiger charge is -2.17. The summed E-state index contributed by atoms with van der Waals surface area (Å²) in [5.41, 5.74) is 1.25. The zero-order valence-corrected chi connectivity index (χ0v) is 12.2. The second-order valence-corrected chi connectivity index (χ2v) is 5.34. The number of nitro groups is 1. The van der Waals surface area contributed by atoms with E-state index in [0.717, 1.165) is 19.3 Å². The Hall–Kier alpha value is -2.37. The molecule has 1 atom stereocenters. The summed E-state index contributed by atoms with van der Waals surface area (Å²) >= 11 is 0. The Labute approximate surface area is 128 Å². The summed E-state index contributed by atoms with van der Waals surface area (Å²) in [6.07, 6.45) is 6.82. The fraction of sp³-hybridized carbons (Fsp3) is 0.438. The van der Waals surface area contributed by atoms with Gasteiger partial charge in [-0.25, -0.2) is 4.79 Å². The molecule has 6 nitrogen and oxygen atoms in total. The lowest BCUT2D eigenvalue weighted by molar-refractivity contribution is -0.384. The Kier molecular flexibility index (Phi) is 5.52.